The van der Waals surface area contributed by atoms with E-state index in [2.05, 4.69) is 9.71 Å². The minimum Gasteiger partial charge on any atom is -0.495 e. The molecule has 1 aliphatic rings. The fourth-order valence-electron chi connectivity index (χ4n) is 3.41. The summed E-state index contributed by atoms with van der Waals surface area (Å²) in [7, 11) is -1.40. The second-order valence-electron chi connectivity index (χ2n) is 6.69. The zero-order chi connectivity index (χ0) is 20.9. The first-order chi connectivity index (χ1) is 14.0. The lowest BCUT2D eigenvalue weighted by molar-refractivity contribution is 0.0563. The van der Waals surface area contributed by atoms with E-state index in [1.165, 1.54) is 32.4 Å². The number of methoxy groups -OCH3 is 2. The second-order valence-corrected chi connectivity index (χ2v) is 8.37. The number of esters is 1. The number of aromatic nitrogens is 1. The second kappa shape index (κ2) is 9.34. The summed E-state index contributed by atoms with van der Waals surface area (Å²) in [6, 6.07) is 7.29. The first kappa shape index (κ1) is 21.2. The molecule has 156 valence electrons. The Kier molecular flexibility index (Phi) is 6.83. The first-order valence-corrected chi connectivity index (χ1v) is 10.7. The van der Waals surface area contributed by atoms with Crippen molar-refractivity contribution >= 4 is 16.0 Å². The van der Waals surface area contributed by atoms with Crippen LogP contribution in [0.15, 0.2) is 47.6 Å². The van der Waals surface area contributed by atoms with Gasteiger partial charge in [0.25, 0.3) is 0 Å². The van der Waals surface area contributed by atoms with Gasteiger partial charge in [0.05, 0.1) is 25.8 Å². The zero-order valence-electron chi connectivity index (χ0n) is 16.3. The van der Waals surface area contributed by atoms with Gasteiger partial charge in [0.2, 0.25) is 10.0 Å². The van der Waals surface area contributed by atoms with Gasteiger partial charge in [0.1, 0.15) is 10.6 Å². The van der Waals surface area contributed by atoms with Crippen LogP contribution in [-0.2, 0) is 19.5 Å². The van der Waals surface area contributed by atoms with Crippen molar-refractivity contribution in [2.75, 3.05) is 27.4 Å². The molecule has 0 bridgehead atoms. The summed E-state index contributed by atoms with van der Waals surface area (Å²) in [5.41, 5.74) is 0.892. The summed E-state index contributed by atoms with van der Waals surface area (Å²) in [5, 5.41) is 0. The van der Waals surface area contributed by atoms with Gasteiger partial charge in [-0.25, -0.2) is 17.9 Å². The van der Waals surface area contributed by atoms with Crippen LogP contribution in [0.3, 0.4) is 0 Å². The van der Waals surface area contributed by atoms with Gasteiger partial charge in [-0.3, -0.25) is 4.98 Å². The van der Waals surface area contributed by atoms with Gasteiger partial charge in [-0.2, -0.15) is 0 Å². The lowest BCUT2D eigenvalue weighted by Gasteiger charge is -2.31. The molecule has 1 atom stereocenters. The standard InChI is InChI=1S/C20H24N2O6S/c1-26-17-6-5-15(20(23)27-2)12-18(17)29(24,25)22-19(14-7-10-28-11-8-14)16-4-3-9-21-13-16/h3-6,9,12-14,19,22H,7-8,10-11H2,1-2H3/t19-/m1/s1. The Labute approximate surface area is 170 Å². The molecular weight excluding hydrogens is 396 g/mol. The van der Waals surface area contributed by atoms with Crippen molar-refractivity contribution in [3.8, 4) is 5.75 Å². The van der Waals surface area contributed by atoms with Crippen LogP contribution in [0.4, 0.5) is 0 Å². The van der Waals surface area contributed by atoms with Crippen LogP contribution in [0.2, 0.25) is 0 Å². The van der Waals surface area contributed by atoms with Gasteiger partial charge < -0.3 is 14.2 Å². The molecule has 1 aromatic heterocycles. The van der Waals surface area contributed by atoms with E-state index in [-0.39, 0.29) is 22.1 Å². The predicted octanol–water partition coefficient (Wildman–Crippen LogP) is 2.32. The van der Waals surface area contributed by atoms with Gasteiger partial charge in [-0.15, -0.1) is 0 Å². The number of benzene rings is 1. The number of rotatable bonds is 7. The summed E-state index contributed by atoms with van der Waals surface area (Å²) in [6.45, 7) is 1.15. The molecule has 0 aliphatic carbocycles. The first-order valence-electron chi connectivity index (χ1n) is 9.22. The Balaban J connectivity index is 1.99. The van der Waals surface area contributed by atoms with Crippen molar-refractivity contribution in [3.05, 3.63) is 53.9 Å². The van der Waals surface area contributed by atoms with E-state index in [1.807, 2.05) is 6.07 Å². The Morgan fingerprint density at radius 1 is 1.24 bits per heavy atom. The highest BCUT2D eigenvalue weighted by atomic mass is 32.2. The average molecular weight is 420 g/mol. The Morgan fingerprint density at radius 3 is 2.62 bits per heavy atom. The monoisotopic (exact) mass is 420 g/mol. The number of sulfonamides is 1. The molecule has 0 unspecified atom stereocenters. The molecule has 2 aromatic rings. The third-order valence-electron chi connectivity index (χ3n) is 4.94. The molecule has 3 rings (SSSR count). The summed E-state index contributed by atoms with van der Waals surface area (Å²) < 4.78 is 44.8. The topological polar surface area (TPSA) is 104 Å². The molecule has 2 heterocycles. The molecule has 0 radical (unpaired) electrons. The molecule has 1 fully saturated rings. The highest BCUT2D eigenvalue weighted by Gasteiger charge is 2.32. The number of nitrogens with one attached hydrogen (secondary N) is 1. The maximum atomic E-state index is 13.3. The van der Waals surface area contributed by atoms with E-state index in [1.54, 1.807) is 18.5 Å². The van der Waals surface area contributed by atoms with E-state index >= 15 is 0 Å². The van der Waals surface area contributed by atoms with E-state index in [4.69, 9.17) is 14.2 Å². The van der Waals surface area contributed by atoms with Crippen LogP contribution in [0.5, 0.6) is 5.75 Å². The molecule has 1 saturated heterocycles. The molecule has 0 saturated carbocycles. The van der Waals surface area contributed by atoms with Gasteiger partial charge in [-0.05, 0) is 48.6 Å². The molecule has 29 heavy (non-hydrogen) atoms. The lowest BCUT2D eigenvalue weighted by Crippen LogP contribution is -2.36. The van der Waals surface area contributed by atoms with Crippen molar-refractivity contribution in [3.63, 3.8) is 0 Å². The molecule has 0 spiro atoms. The molecule has 9 heteroatoms. The van der Waals surface area contributed by atoms with Crippen LogP contribution in [0.1, 0.15) is 34.8 Å². The van der Waals surface area contributed by atoms with Crippen molar-refractivity contribution in [2.45, 2.75) is 23.8 Å². The minimum absolute atomic E-state index is 0.0532. The summed E-state index contributed by atoms with van der Waals surface area (Å²) in [5.74, 6) is -0.433. The fraction of sp³-hybridized carbons (Fsp3) is 0.400. The third kappa shape index (κ3) is 4.92. The minimum atomic E-state index is -4.02. The predicted molar refractivity (Wildman–Crippen MR) is 105 cm³/mol. The Morgan fingerprint density at radius 2 is 2.00 bits per heavy atom. The average Bonchev–Trinajstić information content (AvgIpc) is 2.77. The van der Waals surface area contributed by atoms with Crippen LogP contribution >= 0.6 is 0 Å². The molecule has 1 aliphatic heterocycles. The highest BCUT2D eigenvalue weighted by Crippen LogP contribution is 2.33. The molecule has 0 amide bonds. The van der Waals surface area contributed by atoms with Crippen molar-refractivity contribution in [1.82, 2.24) is 9.71 Å². The number of pyridine rings is 1. The number of nitrogens with zero attached hydrogens (tertiary/aromatic N) is 1. The van der Waals surface area contributed by atoms with Crippen LogP contribution < -0.4 is 9.46 Å². The molecular formula is C20H24N2O6S. The van der Waals surface area contributed by atoms with Gasteiger partial charge in [-0.1, -0.05) is 6.07 Å². The van der Waals surface area contributed by atoms with Gasteiger partial charge in [0, 0.05) is 25.6 Å². The quantitative estimate of drug-likeness (QED) is 0.686. The lowest BCUT2D eigenvalue weighted by atomic mass is 9.88. The van der Waals surface area contributed by atoms with Gasteiger partial charge >= 0.3 is 5.97 Å². The van der Waals surface area contributed by atoms with E-state index in [0.29, 0.717) is 13.2 Å². The third-order valence-corrected chi connectivity index (χ3v) is 6.40. The van der Waals surface area contributed by atoms with Crippen molar-refractivity contribution in [2.24, 2.45) is 5.92 Å². The largest absolute Gasteiger partial charge is 0.495 e. The normalized spacial score (nSPS) is 16.2. The molecule has 8 nitrogen and oxygen atoms in total. The molecule has 1 N–H and O–H groups in total. The maximum Gasteiger partial charge on any atom is 0.337 e. The SMILES string of the molecule is COC(=O)c1ccc(OC)c(S(=O)(=O)N[C@@H](c2cccnc2)C2CCOCC2)c1. The van der Waals surface area contributed by atoms with Crippen LogP contribution in [0.25, 0.3) is 0 Å². The highest BCUT2D eigenvalue weighted by molar-refractivity contribution is 7.89. The number of ether oxygens (including phenoxy) is 3. The van der Waals surface area contributed by atoms with Crippen LogP contribution in [0, 0.1) is 5.92 Å². The zero-order valence-corrected chi connectivity index (χ0v) is 17.1. The van der Waals surface area contributed by atoms with Gasteiger partial charge in [0.15, 0.2) is 0 Å². The van der Waals surface area contributed by atoms with E-state index in [9.17, 15) is 13.2 Å². The molecule has 1 aromatic carbocycles. The fourth-order valence-corrected chi connectivity index (χ4v) is 4.90. The van der Waals surface area contributed by atoms with Crippen molar-refractivity contribution in [1.29, 1.82) is 0 Å². The number of hydrogen-bond donors (Lipinski definition) is 1. The van der Waals surface area contributed by atoms with E-state index < -0.39 is 22.0 Å². The number of carbonyl (C=O) groups excluding carboxylic acids is 1. The Hall–Kier alpha value is -2.49. The summed E-state index contributed by atoms with van der Waals surface area (Å²) in [4.78, 5) is 15.9. The number of hydrogen-bond acceptors (Lipinski definition) is 7. The smallest absolute Gasteiger partial charge is 0.337 e. The number of carbonyl (C=O) groups is 1. The maximum absolute atomic E-state index is 13.3. The summed E-state index contributed by atoms with van der Waals surface area (Å²) in [6.07, 6.45) is 4.75. The Bertz CT molecular complexity index is 943. The van der Waals surface area contributed by atoms with Crippen LogP contribution in [-0.4, -0.2) is 46.8 Å². The summed E-state index contributed by atoms with van der Waals surface area (Å²) >= 11 is 0. The van der Waals surface area contributed by atoms with Crippen molar-refractivity contribution < 1.29 is 27.4 Å². The van der Waals surface area contributed by atoms with E-state index in [0.717, 1.165) is 18.4 Å².